The van der Waals surface area contributed by atoms with Crippen molar-refractivity contribution in [2.24, 2.45) is 5.73 Å². The Balaban J connectivity index is 1.92. The number of likely N-dealkylation sites (tertiary alicyclic amines) is 1. The van der Waals surface area contributed by atoms with Crippen LogP contribution in [0.25, 0.3) is 0 Å². The first kappa shape index (κ1) is 12.6. The van der Waals surface area contributed by atoms with Crippen LogP contribution in [0.3, 0.4) is 0 Å². The Bertz CT molecular complexity index is 310. The van der Waals surface area contributed by atoms with Crippen molar-refractivity contribution in [3.63, 3.8) is 0 Å². The second-order valence-electron chi connectivity index (χ2n) is 5.04. The number of nitrogens with zero attached hydrogens (tertiary/aromatic N) is 1. The van der Waals surface area contributed by atoms with E-state index in [4.69, 9.17) is 5.73 Å². The zero-order valence-electron chi connectivity index (χ0n) is 10.6. The van der Waals surface area contributed by atoms with Gasteiger partial charge in [-0.2, -0.15) is 0 Å². The van der Waals surface area contributed by atoms with Gasteiger partial charge in [-0.05, 0) is 44.3 Å². The lowest BCUT2D eigenvalue weighted by Gasteiger charge is -2.36. The van der Waals surface area contributed by atoms with Crippen LogP contribution in [0, 0.1) is 0 Å². The molecule has 2 N–H and O–H groups in total. The molecule has 0 bridgehead atoms. The number of benzene rings is 1. The van der Waals surface area contributed by atoms with Gasteiger partial charge in [0.2, 0.25) is 0 Å². The van der Waals surface area contributed by atoms with Gasteiger partial charge in [0.1, 0.15) is 0 Å². The number of rotatable bonds is 5. The number of hydrogen-bond donors (Lipinski definition) is 1. The van der Waals surface area contributed by atoms with Gasteiger partial charge in [0.15, 0.2) is 0 Å². The van der Waals surface area contributed by atoms with E-state index in [1.54, 1.807) is 0 Å². The van der Waals surface area contributed by atoms with Crippen LogP contribution in [-0.4, -0.2) is 24.0 Å². The zero-order valence-corrected chi connectivity index (χ0v) is 10.6. The molecule has 2 nitrogen and oxygen atoms in total. The van der Waals surface area contributed by atoms with Crippen molar-refractivity contribution in [3.8, 4) is 0 Å². The molecule has 94 valence electrons. The predicted molar refractivity (Wildman–Crippen MR) is 72.8 cm³/mol. The van der Waals surface area contributed by atoms with Gasteiger partial charge in [0.25, 0.3) is 0 Å². The Morgan fingerprint density at radius 1 is 1.18 bits per heavy atom. The summed E-state index contributed by atoms with van der Waals surface area (Å²) in [6.45, 7) is 3.19. The summed E-state index contributed by atoms with van der Waals surface area (Å²) in [6.07, 6.45) is 6.53. The van der Waals surface area contributed by atoms with Gasteiger partial charge >= 0.3 is 0 Å². The summed E-state index contributed by atoms with van der Waals surface area (Å²) in [5, 5.41) is 0. The summed E-state index contributed by atoms with van der Waals surface area (Å²) >= 11 is 0. The summed E-state index contributed by atoms with van der Waals surface area (Å²) in [4.78, 5) is 2.65. The van der Waals surface area contributed by atoms with Gasteiger partial charge < -0.3 is 5.73 Å². The SMILES string of the molecule is NCCC[C@H]1CCCCN1Cc1ccccc1. The van der Waals surface area contributed by atoms with Gasteiger partial charge in [0.05, 0.1) is 0 Å². The lowest BCUT2D eigenvalue weighted by molar-refractivity contribution is 0.131. The summed E-state index contributed by atoms with van der Waals surface area (Å²) in [5.41, 5.74) is 7.06. The molecule has 0 aliphatic carbocycles. The highest BCUT2D eigenvalue weighted by atomic mass is 15.2. The number of piperidine rings is 1. The smallest absolute Gasteiger partial charge is 0.0236 e. The Labute approximate surface area is 105 Å². The second kappa shape index (κ2) is 6.77. The lowest BCUT2D eigenvalue weighted by atomic mass is 9.97. The summed E-state index contributed by atoms with van der Waals surface area (Å²) in [5.74, 6) is 0. The van der Waals surface area contributed by atoms with Crippen molar-refractivity contribution in [2.45, 2.75) is 44.7 Å². The molecule has 1 aromatic carbocycles. The molecular weight excluding hydrogens is 208 g/mol. The molecule has 0 saturated carbocycles. The lowest BCUT2D eigenvalue weighted by Crippen LogP contribution is -2.39. The van der Waals surface area contributed by atoms with Crippen molar-refractivity contribution in [1.82, 2.24) is 4.90 Å². The number of hydrogen-bond acceptors (Lipinski definition) is 2. The molecule has 1 saturated heterocycles. The van der Waals surface area contributed by atoms with E-state index >= 15 is 0 Å². The molecule has 0 unspecified atom stereocenters. The molecule has 0 radical (unpaired) electrons. The molecular formula is C15H24N2. The highest BCUT2D eigenvalue weighted by molar-refractivity contribution is 5.14. The van der Waals surface area contributed by atoms with E-state index in [-0.39, 0.29) is 0 Å². The van der Waals surface area contributed by atoms with E-state index in [2.05, 4.69) is 35.2 Å². The second-order valence-corrected chi connectivity index (χ2v) is 5.04. The molecule has 2 rings (SSSR count). The maximum Gasteiger partial charge on any atom is 0.0236 e. The first-order valence-corrected chi connectivity index (χ1v) is 6.88. The summed E-state index contributed by atoms with van der Waals surface area (Å²) < 4.78 is 0. The fourth-order valence-electron chi connectivity index (χ4n) is 2.77. The summed E-state index contributed by atoms with van der Waals surface area (Å²) in [7, 11) is 0. The zero-order chi connectivity index (χ0) is 11.9. The molecule has 1 heterocycles. The topological polar surface area (TPSA) is 29.3 Å². The average molecular weight is 232 g/mol. The third-order valence-electron chi connectivity index (χ3n) is 3.72. The van der Waals surface area contributed by atoms with Crippen LogP contribution < -0.4 is 5.73 Å². The maximum absolute atomic E-state index is 5.63. The Morgan fingerprint density at radius 3 is 2.76 bits per heavy atom. The molecule has 1 fully saturated rings. The van der Waals surface area contributed by atoms with E-state index in [0.717, 1.165) is 25.6 Å². The van der Waals surface area contributed by atoms with Gasteiger partial charge in [-0.1, -0.05) is 36.8 Å². The van der Waals surface area contributed by atoms with E-state index in [9.17, 15) is 0 Å². The highest BCUT2D eigenvalue weighted by Crippen LogP contribution is 2.22. The van der Waals surface area contributed by atoms with E-state index in [1.807, 2.05) is 0 Å². The normalized spacial score (nSPS) is 21.6. The molecule has 17 heavy (non-hydrogen) atoms. The van der Waals surface area contributed by atoms with Crippen LogP contribution in [0.15, 0.2) is 30.3 Å². The third-order valence-corrected chi connectivity index (χ3v) is 3.72. The predicted octanol–water partition coefficient (Wildman–Crippen LogP) is 2.78. The molecule has 1 aromatic rings. The van der Waals surface area contributed by atoms with Crippen LogP contribution in [0.5, 0.6) is 0 Å². The third kappa shape index (κ3) is 3.83. The Morgan fingerprint density at radius 2 is 2.00 bits per heavy atom. The number of nitrogens with two attached hydrogens (primary N) is 1. The standard InChI is InChI=1S/C15H24N2/c16-11-6-10-15-9-4-5-12-17(15)13-14-7-2-1-3-8-14/h1-3,7-8,15H,4-6,9-13,16H2/t15-/m1/s1. The Kier molecular flexibility index (Phi) is 5.02. The van der Waals surface area contributed by atoms with Crippen molar-refractivity contribution in [3.05, 3.63) is 35.9 Å². The molecule has 0 spiro atoms. The van der Waals surface area contributed by atoms with Crippen LogP contribution in [0.2, 0.25) is 0 Å². The molecule has 1 aliphatic heterocycles. The van der Waals surface area contributed by atoms with Crippen LogP contribution in [-0.2, 0) is 6.54 Å². The first-order chi connectivity index (χ1) is 8.40. The minimum Gasteiger partial charge on any atom is -0.330 e. The van der Waals surface area contributed by atoms with Crippen molar-refractivity contribution < 1.29 is 0 Å². The molecule has 0 amide bonds. The Hall–Kier alpha value is -0.860. The minimum absolute atomic E-state index is 0.757. The van der Waals surface area contributed by atoms with Crippen LogP contribution in [0.1, 0.15) is 37.7 Å². The van der Waals surface area contributed by atoms with Gasteiger partial charge in [-0.15, -0.1) is 0 Å². The van der Waals surface area contributed by atoms with Crippen molar-refractivity contribution in [2.75, 3.05) is 13.1 Å². The average Bonchev–Trinajstić information content (AvgIpc) is 2.39. The van der Waals surface area contributed by atoms with E-state index in [1.165, 1.54) is 37.8 Å². The fourth-order valence-corrected chi connectivity index (χ4v) is 2.77. The quantitative estimate of drug-likeness (QED) is 0.846. The first-order valence-electron chi connectivity index (χ1n) is 6.88. The monoisotopic (exact) mass is 232 g/mol. The molecule has 0 aromatic heterocycles. The van der Waals surface area contributed by atoms with E-state index < -0.39 is 0 Å². The molecule has 1 aliphatic rings. The molecule has 2 heteroatoms. The van der Waals surface area contributed by atoms with Crippen molar-refractivity contribution >= 4 is 0 Å². The van der Waals surface area contributed by atoms with Gasteiger partial charge in [0, 0.05) is 12.6 Å². The largest absolute Gasteiger partial charge is 0.330 e. The maximum atomic E-state index is 5.63. The summed E-state index contributed by atoms with van der Waals surface area (Å²) in [6, 6.07) is 11.6. The van der Waals surface area contributed by atoms with Crippen LogP contribution >= 0.6 is 0 Å². The van der Waals surface area contributed by atoms with Gasteiger partial charge in [-0.3, -0.25) is 4.90 Å². The van der Waals surface area contributed by atoms with Crippen LogP contribution in [0.4, 0.5) is 0 Å². The van der Waals surface area contributed by atoms with Crippen molar-refractivity contribution in [1.29, 1.82) is 0 Å². The highest BCUT2D eigenvalue weighted by Gasteiger charge is 2.21. The van der Waals surface area contributed by atoms with Gasteiger partial charge in [-0.25, -0.2) is 0 Å². The fraction of sp³-hybridized carbons (Fsp3) is 0.600. The van der Waals surface area contributed by atoms with E-state index in [0.29, 0.717) is 0 Å². The molecule has 1 atom stereocenters. The minimum atomic E-state index is 0.757.